The van der Waals surface area contributed by atoms with Crippen LogP contribution in [0.5, 0.6) is 0 Å². The van der Waals surface area contributed by atoms with E-state index in [9.17, 15) is 0 Å². The lowest BCUT2D eigenvalue weighted by atomic mass is 10.3. The molecular formula is C10H13BrClN5. The Morgan fingerprint density at radius 1 is 1.47 bits per heavy atom. The molecule has 0 radical (unpaired) electrons. The van der Waals surface area contributed by atoms with Crippen molar-refractivity contribution < 1.29 is 0 Å². The molecule has 0 aliphatic carbocycles. The van der Waals surface area contributed by atoms with Crippen molar-refractivity contribution in [2.45, 2.75) is 26.9 Å². The molecule has 2 rings (SSSR count). The molecule has 0 amide bonds. The second-order valence-electron chi connectivity index (χ2n) is 3.72. The van der Waals surface area contributed by atoms with E-state index in [2.05, 4.69) is 26.1 Å². The van der Waals surface area contributed by atoms with Crippen molar-refractivity contribution in [3.05, 3.63) is 27.1 Å². The van der Waals surface area contributed by atoms with Crippen LogP contribution >= 0.6 is 27.5 Å². The van der Waals surface area contributed by atoms with Gasteiger partial charge >= 0.3 is 0 Å². The van der Waals surface area contributed by atoms with Crippen molar-refractivity contribution >= 4 is 33.3 Å². The second kappa shape index (κ2) is 4.70. The van der Waals surface area contributed by atoms with Gasteiger partial charge in [-0.05, 0) is 29.8 Å². The molecule has 2 aromatic heterocycles. The molecule has 0 saturated carbocycles. The number of nitrogens with zero attached hydrogens (tertiary/aromatic N) is 4. The number of hydrogen-bond acceptors (Lipinski definition) is 3. The normalized spacial score (nSPS) is 11.1. The number of aryl methyl sites for hydroxylation is 2. The van der Waals surface area contributed by atoms with Crippen molar-refractivity contribution in [3.8, 4) is 0 Å². The fourth-order valence-corrected chi connectivity index (χ4v) is 2.18. The number of rotatable bonds is 3. The van der Waals surface area contributed by atoms with Crippen molar-refractivity contribution in [2.24, 2.45) is 0 Å². The summed E-state index contributed by atoms with van der Waals surface area (Å²) in [4.78, 5) is 0. The van der Waals surface area contributed by atoms with Crippen LogP contribution in [0.25, 0.3) is 0 Å². The van der Waals surface area contributed by atoms with E-state index >= 15 is 0 Å². The van der Waals surface area contributed by atoms with Gasteiger partial charge in [-0.2, -0.15) is 10.2 Å². The topological polar surface area (TPSA) is 61.7 Å². The van der Waals surface area contributed by atoms with Crippen LogP contribution in [-0.2, 0) is 13.1 Å². The quantitative estimate of drug-likeness (QED) is 0.945. The molecule has 0 unspecified atom stereocenters. The molecule has 2 N–H and O–H groups in total. The first kappa shape index (κ1) is 12.4. The first-order valence-corrected chi connectivity index (χ1v) is 6.40. The average Bonchev–Trinajstić information content (AvgIpc) is 2.74. The van der Waals surface area contributed by atoms with E-state index in [0.717, 1.165) is 22.4 Å². The molecule has 5 nitrogen and oxygen atoms in total. The van der Waals surface area contributed by atoms with Crippen molar-refractivity contribution in [2.75, 3.05) is 5.73 Å². The molecule has 0 aliphatic rings. The molecule has 0 spiro atoms. The van der Waals surface area contributed by atoms with Gasteiger partial charge in [0, 0.05) is 12.7 Å². The molecular weight excluding hydrogens is 306 g/mol. The van der Waals surface area contributed by atoms with Gasteiger partial charge in [-0.25, -0.2) is 0 Å². The number of nitrogens with two attached hydrogens (primary N) is 1. The van der Waals surface area contributed by atoms with Crippen molar-refractivity contribution in [1.82, 2.24) is 19.6 Å². The minimum Gasteiger partial charge on any atom is -0.381 e. The standard InChI is InChI=1S/C10H13BrClN5/c1-3-17-8(9(12)6(2)14-17)5-16-4-7(11)10(13)15-16/h4H,3,5H2,1-2H3,(H2,13,15). The molecule has 0 aromatic carbocycles. The Labute approximate surface area is 113 Å². The Balaban J connectivity index is 2.35. The first-order chi connectivity index (χ1) is 8.02. The van der Waals surface area contributed by atoms with Crippen molar-refractivity contribution in [1.29, 1.82) is 0 Å². The summed E-state index contributed by atoms with van der Waals surface area (Å²) in [5, 5.41) is 9.23. The zero-order valence-corrected chi connectivity index (χ0v) is 12.0. The Morgan fingerprint density at radius 2 is 2.18 bits per heavy atom. The lowest BCUT2D eigenvalue weighted by molar-refractivity contribution is 0.576. The molecule has 0 atom stereocenters. The van der Waals surface area contributed by atoms with Crippen LogP contribution in [0.4, 0.5) is 5.82 Å². The number of halogens is 2. The zero-order valence-electron chi connectivity index (χ0n) is 9.61. The number of aromatic nitrogens is 4. The first-order valence-electron chi connectivity index (χ1n) is 5.23. The van der Waals surface area contributed by atoms with Crippen molar-refractivity contribution in [3.63, 3.8) is 0 Å². The predicted octanol–water partition coefficient (Wildman–Crippen LogP) is 2.45. The largest absolute Gasteiger partial charge is 0.381 e. The van der Waals surface area contributed by atoms with Gasteiger partial charge < -0.3 is 5.73 Å². The summed E-state index contributed by atoms with van der Waals surface area (Å²) in [5.41, 5.74) is 7.46. The minimum absolute atomic E-state index is 0.473. The smallest absolute Gasteiger partial charge is 0.159 e. The maximum atomic E-state index is 6.22. The van der Waals surface area contributed by atoms with E-state index in [4.69, 9.17) is 17.3 Å². The van der Waals surface area contributed by atoms with Crippen LogP contribution in [0.2, 0.25) is 5.02 Å². The zero-order chi connectivity index (χ0) is 12.6. The minimum atomic E-state index is 0.473. The summed E-state index contributed by atoms with van der Waals surface area (Å²) in [6.45, 7) is 5.26. The number of hydrogen-bond donors (Lipinski definition) is 1. The summed E-state index contributed by atoms with van der Waals surface area (Å²) in [5.74, 6) is 0.473. The molecule has 92 valence electrons. The van der Waals surface area contributed by atoms with E-state index in [0.29, 0.717) is 17.4 Å². The van der Waals surface area contributed by atoms with Gasteiger partial charge in [-0.1, -0.05) is 11.6 Å². The SMILES string of the molecule is CCn1nc(C)c(Cl)c1Cn1cc(Br)c(N)n1. The van der Waals surface area contributed by atoms with Crippen LogP contribution < -0.4 is 5.73 Å². The third-order valence-electron chi connectivity index (χ3n) is 2.51. The molecule has 0 saturated heterocycles. The highest BCUT2D eigenvalue weighted by molar-refractivity contribution is 9.10. The maximum Gasteiger partial charge on any atom is 0.159 e. The van der Waals surface area contributed by atoms with E-state index in [-0.39, 0.29) is 0 Å². The number of nitrogen functional groups attached to an aromatic ring is 1. The second-order valence-corrected chi connectivity index (χ2v) is 4.95. The van der Waals surface area contributed by atoms with Gasteiger partial charge in [-0.15, -0.1) is 0 Å². The fraction of sp³-hybridized carbons (Fsp3) is 0.400. The van der Waals surface area contributed by atoms with Crippen LogP contribution in [0, 0.1) is 6.92 Å². The summed E-state index contributed by atoms with van der Waals surface area (Å²) >= 11 is 9.55. The molecule has 2 heterocycles. The third kappa shape index (κ3) is 2.32. The highest BCUT2D eigenvalue weighted by atomic mass is 79.9. The van der Waals surface area contributed by atoms with E-state index in [1.807, 2.05) is 24.7 Å². The summed E-state index contributed by atoms with van der Waals surface area (Å²) in [6, 6.07) is 0. The lowest BCUT2D eigenvalue weighted by Gasteiger charge is -2.05. The van der Waals surface area contributed by atoms with Gasteiger partial charge in [0.2, 0.25) is 0 Å². The molecule has 0 aliphatic heterocycles. The molecule has 0 bridgehead atoms. The Kier molecular flexibility index (Phi) is 3.44. The fourth-order valence-electron chi connectivity index (χ4n) is 1.67. The third-order valence-corrected chi connectivity index (χ3v) is 3.61. The van der Waals surface area contributed by atoms with Crippen LogP contribution in [-0.4, -0.2) is 19.6 Å². The summed E-state index contributed by atoms with van der Waals surface area (Å²) in [6.07, 6.45) is 1.83. The number of anilines is 1. The highest BCUT2D eigenvalue weighted by Crippen LogP contribution is 2.23. The van der Waals surface area contributed by atoms with E-state index < -0.39 is 0 Å². The van der Waals surface area contributed by atoms with Crippen LogP contribution in [0.1, 0.15) is 18.3 Å². The lowest BCUT2D eigenvalue weighted by Crippen LogP contribution is -2.09. The van der Waals surface area contributed by atoms with Crippen LogP contribution in [0.3, 0.4) is 0 Å². The van der Waals surface area contributed by atoms with Gasteiger partial charge in [0.15, 0.2) is 5.82 Å². The molecule has 17 heavy (non-hydrogen) atoms. The highest BCUT2D eigenvalue weighted by Gasteiger charge is 2.14. The molecule has 0 fully saturated rings. The molecule has 7 heteroatoms. The van der Waals surface area contributed by atoms with Gasteiger partial charge in [0.25, 0.3) is 0 Å². The van der Waals surface area contributed by atoms with Gasteiger partial charge in [0.05, 0.1) is 27.4 Å². The van der Waals surface area contributed by atoms with Gasteiger partial charge in [0.1, 0.15) is 0 Å². The Bertz CT molecular complexity index is 526. The van der Waals surface area contributed by atoms with Gasteiger partial charge in [-0.3, -0.25) is 9.36 Å². The maximum absolute atomic E-state index is 6.22. The summed E-state index contributed by atoms with van der Waals surface area (Å²) in [7, 11) is 0. The van der Waals surface area contributed by atoms with E-state index in [1.54, 1.807) is 4.68 Å². The average molecular weight is 319 g/mol. The van der Waals surface area contributed by atoms with Crippen LogP contribution in [0.15, 0.2) is 10.7 Å². The Hall–Kier alpha value is -1.01. The Morgan fingerprint density at radius 3 is 2.71 bits per heavy atom. The predicted molar refractivity (Wildman–Crippen MR) is 71.1 cm³/mol. The summed E-state index contributed by atoms with van der Waals surface area (Å²) < 4.78 is 4.41. The van der Waals surface area contributed by atoms with E-state index in [1.165, 1.54) is 0 Å². The molecule has 2 aromatic rings. The monoisotopic (exact) mass is 317 g/mol.